The van der Waals surface area contributed by atoms with Crippen molar-refractivity contribution in [3.05, 3.63) is 41.6 Å². The number of aryl methyl sites for hydroxylation is 1. The van der Waals surface area contributed by atoms with Crippen LogP contribution in [0.4, 0.5) is 17.5 Å². The molecule has 1 aromatic heterocycles. The Balaban J connectivity index is 1.79. The molecular formula is C18H21N5O2. The van der Waals surface area contributed by atoms with E-state index >= 15 is 0 Å². The summed E-state index contributed by atoms with van der Waals surface area (Å²) in [7, 11) is 0. The zero-order valence-electron chi connectivity index (χ0n) is 14.4. The number of amides is 1. The van der Waals surface area contributed by atoms with Crippen molar-refractivity contribution in [2.45, 2.75) is 13.8 Å². The molecule has 0 saturated carbocycles. The minimum Gasteiger partial charge on any atom is -0.342 e. The van der Waals surface area contributed by atoms with Crippen LogP contribution in [0.1, 0.15) is 23.0 Å². The van der Waals surface area contributed by atoms with Gasteiger partial charge in [0.15, 0.2) is 5.78 Å². The monoisotopic (exact) mass is 339 g/mol. The molecule has 7 nitrogen and oxygen atoms in total. The maximum absolute atomic E-state index is 11.5. The normalized spacial score (nSPS) is 14.3. The van der Waals surface area contributed by atoms with E-state index in [-0.39, 0.29) is 5.78 Å². The van der Waals surface area contributed by atoms with Gasteiger partial charge in [0.05, 0.1) is 0 Å². The number of anilines is 3. The molecule has 1 amide bonds. The second-order valence-corrected chi connectivity index (χ2v) is 6.08. The summed E-state index contributed by atoms with van der Waals surface area (Å²) in [6, 6.07) is 9.20. The molecule has 1 saturated heterocycles. The smallest absolute Gasteiger partial charge is 0.227 e. The van der Waals surface area contributed by atoms with Crippen molar-refractivity contribution in [1.29, 1.82) is 0 Å². The van der Waals surface area contributed by atoms with Crippen LogP contribution < -0.4 is 10.2 Å². The first-order valence-electron chi connectivity index (χ1n) is 8.23. The molecular weight excluding hydrogens is 318 g/mol. The van der Waals surface area contributed by atoms with Gasteiger partial charge in [0.2, 0.25) is 12.4 Å². The fourth-order valence-corrected chi connectivity index (χ4v) is 2.75. The third kappa shape index (κ3) is 4.12. The van der Waals surface area contributed by atoms with Crippen LogP contribution in [0, 0.1) is 6.92 Å². The lowest BCUT2D eigenvalue weighted by molar-refractivity contribution is -0.118. The summed E-state index contributed by atoms with van der Waals surface area (Å²) in [5.41, 5.74) is 2.32. The standard InChI is InChI=1S/C18H21N5O2/c1-13-10-17(20-16-5-3-4-15(11-16)14(2)25)21-18(19-13)23-8-6-22(12-24)7-9-23/h3-5,10-12H,6-9H2,1-2H3,(H,19,20,21). The van der Waals surface area contributed by atoms with E-state index in [1.165, 1.54) is 0 Å². The Bertz CT molecular complexity index is 785. The Kier molecular flexibility index (Phi) is 4.92. The maximum Gasteiger partial charge on any atom is 0.227 e. The van der Waals surface area contributed by atoms with Gasteiger partial charge in [-0.05, 0) is 26.0 Å². The molecule has 7 heteroatoms. The molecule has 0 radical (unpaired) electrons. The van der Waals surface area contributed by atoms with Crippen molar-refractivity contribution >= 4 is 29.6 Å². The highest BCUT2D eigenvalue weighted by molar-refractivity contribution is 5.95. The fourth-order valence-electron chi connectivity index (χ4n) is 2.75. The lowest BCUT2D eigenvalue weighted by Crippen LogP contribution is -2.46. The molecule has 1 aliphatic heterocycles. The van der Waals surface area contributed by atoms with Crippen molar-refractivity contribution in [3.63, 3.8) is 0 Å². The number of carbonyl (C=O) groups excluding carboxylic acids is 2. The third-order valence-corrected chi connectivity index (χ3v) is 4.13. The first-order chi connectivity index (χ1) is 12.0. The van der Waals surface area contributed by atoms with Crippen molar-refractivity contribution in [3.8, 4) is 0 Å². The summed E-state index contributed by atoms with van der Waals surface area (Å²) >= 11 is 0. The largest absolute Gasteiger partial charge is 0.342 e. The predicted octanol–water partition coefficient (Wildman–Crippen LogP) is 2.01. The fraction of sp³-hybridized carbons (Fsp3) is 0.333. The predicted molar refractivity (Wildman–Crippen MR) is 96.3 cm³/mol. The first kappa shape index (κ1) is 16.9. The molecule has 1 fully saturated rings. The summed E-state index contributed by atoms with van der Waals surface area (Å²) in [5, 5.41) is 3.24. The van der Waals surface area contributed by atoms with Crippen molar-refractivity contribution in [1.82, 2.24) is 14.9 Å². The van der Waals surface area contributed by atoms with Crippen LogP contribution in [0.15, 0.2) is 30.3 Å². The molecule has 25 heavy (non-hydrogen) atoms. The van der Waals surface area contributed by atoms with Crippen LogP contribution in [0.5, 0.6) is 0 Å². The van der Waals surface area contributed by atoms with E-state index in [1.54, 1.807) is 17.9 Å². The van der Waals surface area contributed by atoms with Gasteiger partial charge in [-0.3, -0.25) is 9.59 Å². The Morgan fingerprint density at radius 1 is 1.16 bits per heavy atom. The Labute approximate surface area is 146 Å². The second kappa shape index (κ2) is 7.29. The molecule has 2 heterocycles. The lowest BCUT2D eigenvalue weighted by Gasteiger charge is -2.32. The Hall–Kier alpha value is -2.96. The highest BCUT2D eigenvalue weighted by Crippen LogP contribution is 2.20. The number of rotatable bonds is 5. The number of aromatic nitrogens is 2. The molecule has 1 aromatic carbocycles. The minimum atomic E-state index is 0.0243. The van der Waals surface area contributed by atoms with Crippen molar-refractivity contribution in [2.75, 3.05) is 36.4 Å². The summed E-state index contributed by atoms with van der Waals surface area (Å²) in [4.78, 5) is 35.3. The Morgan fingerprint density at radius 3 is 2.60 bits per heavy atom. The number of Topliss-reactive ketones (excluding diaryl/α,β-unsaturated/α-hetero) is 1. The van der Waals surface area contributed by atoms with Gasteiger partial charge in [-0.1, -0.05) is 12.1 Å². The second-order valence-electron chi connectivity index (χ2n) is 6.08. The van der Waals surface area contributed by atoms with Crippen LogP contribution in [-0.4, -0.2) is 53.2 Å². The third-order valence-electron chi connectivity index (χ3n) is 4.13. The van der Waals surface area contributed by atoms with E-state index in [1.807, 2.05) is 31.2 Å². The van der Waals surface area contributed by atoms with Crippen molar-refractivity contribution in [2.24, 2.45) is 0 Å². The molecule has 130 valence electrons. The Morgan fingerprint density at radius 2 is 1.92 bits per heavy atom. The van der Waals surface area contributed by atoms with Crippen LogP contribution in [0.2, 0.25) is 0 Å². The number of nitrogens with zero attached hydrogens (tertiary/aromatic N) is 4. The molecule has 0 bridgehead atoms. The van der Waals surface area contributed by atoms with E-state index in [9.17, 15) is 9.59 Å². The number of hydrogen-bond donors (Lipinski definition) is 1. The highest BCUT2D eigenvalue weighted by atomic mass is 16.1. The summed E-state index contributed by atoms with van der Waals surface area (Å²) < 4.78 is 0. The quantitative estimate of drug-likeness (QED) is 0.663. The molecule has 0 unspecified atom stereocenters. The van der Waals surface area contributed by atoms with Crippen LogP contribution in [0.3, 0.4) is 0 Å². The number of hydrogen-bond acceptors (Lipinski definition) is 6. The number of ketones is 1. The summed E-state index contributed by atoms with van der Waals surface area (Å²) in [6.07, 6.45) is 0.878. The molecule has 0 aliphatic carbocycles. The van der Waals surface area contributed by atoms with Gasteiger partial charge < -0.3 is 15.1 Å². The molecule has 0 spiro atoms. The number of nitrogens with one attached hydrogen (secondary N) is 1. The first-order valence-corrected chi connectivity index (χ1v) is 8.23. The molecule has 2 aromatic rings. The SMILES string of the molecule is CC(=O)c1cccc(Nc2cc(C)nc(N3CCN(C=O)CC3)n2)c1. The van der Waals surface area contributed by atoms with Gasteiger partial charge in [0.1, 0.15) is 5.82 Å². The molecule has 1 aliphatic rings. The van der Waals surface area contributed by atoms with E-state index in [0.717, 1.165) is 17.8 Å². The molecule has 3 rings (SSSR count). The van der Waals surface area contributed by atoms with Crippen molar-refractivity contribution < 1.29 is 9.59 Å². The highest BCUT2D eigenvalue weighted by Gasteiger charge is 2.18. The summed E-state index contributed by atoms with van der Waals surface area (Å²) in [6.45, 7) is 6.23. The zero-order chi connectivity index (χ0) is 17.8. The van der Waals surface area contributed by atoms with Crippen LogP contribution in [0.25, 0.3) is 0 Å². The molecule has 0 atom stereocenters. The number of piperazine rings is 1. The number of carbonyl (C=O) groups is 2. The van der Waals surface area contributed by atoms with Gasteiger partial charge in [0.25, 0.3) is 0 Å². The minimum absolute atomic E-state index is 0.0243. The van der Waals surface area contributed by atoms with E-state index in [0.29, 0.717) is 43.5 Å². The van der Waals surface area contributed by atoms with E-state index in [2.05, 4.69) is 20.2 Å². The van der Waals surface area contributed by atoms with E-state index < -0.39 is 0 Å². The molecule has 1 N–H and O–H groups in total. The lowest BCUT2D eigenvalue weighted by atomic mass is 10.1. The number of benzene rings is 1. The van der Waals surface area contributed by atoms with Gasteiger partial charge in [-0.25, -0.2) is 4.98 Å². The van der Waals surface area contributed by atoms with E-state index in [4.69, 9.17) is 0 Å². The van der Waals surface area contributed by atoms with Gasteiger partial charge in [0, 0.05) is 49.2 Å². The van der Waals surface area contributed by atoms with Crippen LogP contribution >= 0.6 is 0 Å². The summed E-state index contributed by atoms with van der Waals surface area (Å²) in [5.74, 6) is 1.35. The van der Waals surface area contributed by atoms with Gasteiger partial charge in [-0.2, -0.15) is 4.98 Å². The average Bonchev–Trinajstić information content (AvgIpc) is 2.61. The maximum atomic E-state index is 11.5. The van der Waals surface area contributed by atoms with Gasteiger partial charge in [-0.15, -0.1) is 0 Å². The topological polar surface area (TPSA) is 78.4 Å². The zero-order valence-corrected chi connectivity index (χ0v) is 14.4. The van der Waals surface area contributed by atoms with Gasteiger partial charge >= 0.3 is 0 Å². The average molecular weight is 339 g/mol. The van der Waals surface area contributed by atoms with Crippen LogP contribution in [-0.2, 0) is 4.79 Å².